The van der Waals surface area contributed by atoms with Crippen molar-refractivity contribution < 1.29 is 0 Å². The molecule has 1 aromatic carbocycles. The quantitative estimate of drug-likeness (QED) is 0.905. The van der Waals surface area contributed by atoms with E-state index in [0.717, 1.165) is 43.7 Å². The summed E-state index contributed by atoms with van der Waals surface area (Å²) >= 11 is 0. The van der Waals surface area contributed by atoms with Crippen molar-refractivity contribution in [3.05, 3.63) is 47.3 Å². The first-order valence-corrected chi connectivity index (χ1v) is 7.71. The molecule has 1 aromatic heterocycles. The van der Waals surface area contributed by atoms with Crippen LogP contribution in [0.5, 0.6) is 0 Å². The highest BCUT2D eigenvalue weighted by Crippen LogP contribution is 2.23. The fourth-order valence-electron chi connectivity index (χ4n) is 2.96. The number of benzene rings is 1. The highest BCUT2D eigenvalue weighted by Gasteiger charge is 2.18. The molecular weight excluding hydrogens is 260 g/mol. The zero-order valence-corrected chi connectivity index (χ0v) is 12.5. The van der Waals surface area contributed by atoms with Crippen LogP contribution < -0.4 is 11.1 Å². The fraction of sp³-hybridized carbons (Fsp3) is 0.412. The summed E-state index contributed by atoms with van der Waals surface area (Å²) in [7, 11) is 0. The van der Waals surface area contributed by atoms with Crippen LogP contribution in [0.25, 0.3) is 0 Å². The van der Waals surface area contributed by atoms with Gasteiger partial charge in [-0.3, -0.25) is 0 Å². The third kappa shape index (κ3) is 3.32. The van der Waals surface area contributed by atoms with Crippen molar-refractivity contribution in [2.75, 3.05) is 11.1 Å². The number of nitrogen functional groups attached to an aromatic ring is 1. The van der Waals surface area contributed by atoms with Gasteiger partial charge < -0.3 is 11.1 Å². The Morgan fingerprint density at radius 2 is 2.05 bits per heavy atom. The summed E-state index contributed by atoms with van der Waals surface area (Å²) in [4.78, 5) is 8.85. The van der Waals surface area contributed by atoms with Gasteiger partial charge in [0.2, 0.25) is 0 Å². The van der Waals surface area contributed by atoms with Crippen LogP contribution >= 0.6 is 0 Å². The van der Waals surface area contributed by atoms with E-state index in [2.05, 4.69) is 46.5 Å². The summed E-state index contributed by atoms with van der Waals surface area (Å²) in [6.07, 6.45) is 5.19. The second-order valence-corrected chi connectivity index (χ2v) is 5.70. The molecule has 2 aromatic rings. The van der Waals surface area contributed by atoms with Crippen LogP contribution in [-0.4, -0.2) is 16.0 Å². The molecule has 0 aliphatic heterocycles. The molecule has 0 amide bonds. The predicted molar refractivity (Wildman–Crippen MR) is 86.3 cm³/mol. The van der Waals surface area contributed by atoms with Crippen LogP contribution in [0.3, 0.4) is 0 Å². The van der Waals surface area contributed by atoms with Gasteiger partial charge in [-0.05, 0) is 36.8 Å². The molecule has 110 valence electrons. The molecule has 1 aliphatic rings. The molecule has 3 rings (SSSR count). The van der Waals surface area contributed by atoms with Gasteiger partial charge in [0.15, 0.2) is 0 Å². The van der Waals surface area contributed by atoms with E-state index >= 15 is 0 Å². The van der Waals surface area contributed by atoms with Crippen LogP contribution in [0.1, 0.15) is 36.7 Å². The lowest BCUT2D eigenvalue weighted by atomic mass is 9.88. The topological polar surface area (TPSA) is 63.8 Å². The number of anilines is 2. The van der Waals surface area contributed by atoms with E-state index in [0.29, 0.717) is 11.9 Å². The minimum Gasteiger partial charge on any atom is -0.384 e. The minimum absolute atomic E-state index is 0.420. The second-order valence-electron chi connectivity index (χ2n) is 5.70. The second kappa shape index (κ2) is 6.12. The Hall–Kier alpha value is -2.10. The van der Waals surface area contributed by atoms with Crippen LogP contribution in [-0.2, 0) is 19.3 Å². The monoisotopic (exact) mass is 282 g/mol. The Kier molecular flexibility index (Phi) is 4.04. The third-order valence-corrected chi connectivity index (χ3v) is 3.96. The van der Waals surface area contributed by atoms with Crippen molar-refractivity contribution in [1.29, 1.82) is 0 Å². The van der Waals surface area contributed by atoms with Gasteiger partial charge in [0, 0.05) is 18.5 Å². The lowest BCUT2D eigenvalue weighted by Crippen LogP contribution is -2.28. The highest BCUT2D eigenvalue weighted by molar-refractivity contribution is 5.46. The van der Waals surface area contributed by atoms with Gasteiger partial charge in [0.25, 0.3) is 0 Å². The van der Waals surface area contributed by atoms with E-state index in [9.17, 15) is 0 Å². The van der Waals surface area contributed by atoms with Crippen molar-refractivity contribution in [3.8, 4) is 0 Å². The molecule has 4 nitrogen and oxygen atoms in total. The maximum Gasteiger partial charge on any atom is 0.133 e. The molecule has 1 heterocycles. The summed E-state index contributed by atoms with van der Waals surface area (Å²) in [6.45, 7) is 2.12. The molecular formula is C17H22N4. The van der Waals surface area contributed by atoms with Gasteiger partial charge in [-0.2, -0.15) is 0 Å². The Morgan fingerprint density at radius 3 is 2.86 bits per heavy atom. The maximum atomic E-state index is 5.88. The number of aryl methyl sites for hydroxylation is 2. The molecule has 1 atom stereocenters. The Labute approximate surface area is 125 Å². The van der Waals surface area contributed by atoms with E-state index in [1.807, 2.05) is 6.07 Å². The number of fused-ring (bicyclic) bond motifs is 1. The molecule has 1 aliphatic carbocycles. The Morgan fingerprint density at radius 1 is 1.24 bits per heavy atom. The molecule has 0 fully saturated rings. The zero-order valence-electron chi connectivity index (χ0n) is 12.5. The average molecular weight is 282 g/mol. The molecule has 1 unspecified atom stereocenters. The van der Waals surface area contributed by atoms with E-state index in [1.165, 1.54) is 11.1 Å². The lowest BCUT2D eigenvalue weighted by Gasteiger charge is -2.26. The summed E-state index contributed by atoms with van der Waals surface area (Å²) in [5.74, 6) is 2.23. The van der Waals surface area contributed by atoms with Crippen LogP contribution in [0.4, 0.5) is 11.6 Å². The Balaban J connectivity index is 1.73. The molecule has 21 heavy (non-hydrogen) atoms. The van der Waals surface area contributed by atoms with Gasteiger partial charge in [-0.1, -0.05) is 31.2 Å². The first-order chi connectivity index (χ1) is 10.2. The first-order valence-electron chi connectivity index (χ1n) is 7.71. The van der Waals surface area contributed by atoms with E-state index in [4.69, 9.17) is 5.73 Å². The maximum absolute atomic E-state index is 5.88. The molecule has 0 radical (unpaired) electrons. The largest absolute Gasteiger partial charge is 0.384 e. The molecule has 0 saturated heterocycles. The molecule has 0 saturated carbocycles. The molecule has 4 heteroatoms. The van der Waals surface area contributed by atoms with Gasteiger partial charge in [0.05, 0.1) is 0 Å². The van der Waals surface area contributed by atoms with Crippen molar-refractivity contribution in [3.63, 3.8) is 0 Å². The number of hydrogen-bond donors (Lipinski definition) is 2. The summed E-state index contributed by atoms with van der Waals surface area (Å²) in [5.41, 5.74) is 8.80. The number of nitrogens with zero attached hydrogens (tertiary/aromatic N) is 2. The number of hydrogen-bond acceptors (Lipinski definition) is 4. The highest BCUT2D eigenvalue weighted by atomic mass is 15.1. The van der Waals surface area contributed by atoms with Crippen molar-refractivity contribution in [2.24, 2.45) is 0 Å². The van der Waals surface area contributed by atoms with Gasteiger partial charge in [0.1, 0.15) is 17.5 Å². The molecule has 0 spiro atoms. The molecule has 3 N–H and O–H groups in total. The van der Waals surface area contributed by atoms with Gasteiger partial charge in [-0.25, -0.2) is 9.97 Å². The average Bonchev–Trinajstić information content (AvgIpc) is 2.47. The minimum atomic E-state index is 0.420. The molecule has 0 bridgehead atoms. The fourth-order valence-corrected chi connectivity index (χ4v) is 2.96. The van der Waals surface area contributed by atoms with E-state index < -0.39 is 0 Å². The van der Waals surface area contributed by atoms with Crippen LogP contribution in [0, 0.1) is 0 Å². The van der Waals surface area contributed by atoms with Gasteiger partial charge in [-0.15, -0.1) is 0 Å². The zero-order chi connectivity index (χ0) is 14.7. The number of rotatable bonds is 4. The van der Waals surface area contributed by atoms with Gasteiger partial charge >= 0.3 is 0 Å². The van der Waals surface area contributed by atoms with E-state index in [-0.39, 0.29) is 0 Å². The summed E-state index contributed by atoms with van der Waals surface area (Å²) in [6, 6.07) is 10.9. The van der Waals surface area contributed by atoms with Crippen LogP contribution in [0.2, 0.25) is 0 Å². The van der Waals surface area contributed by atoms with Crippen molar-refractivity contribution >= 4 is 11.6 Å². The standard InChI is InChI=1S/C17H22N4/c1-2-5-16-20-15(18)11-17(21-16)19-14-9-8-12-6-3-4-7-13(12)10-14/h3-4,6-7,11,14H,2,5,8-10H2,1H3,(H3,18,19,20,21). The smallest absolute Gasteiger partial charge is 0.133 e. The lowest BCUT2D eigenvalue weighted by molar-refractivity contribution is 0.608. The predicted octanol–water partition coefficient (Wildman–Crippen LogP) is 2.98. The third-order valence-electron chi connectivity index (χ3n) is 3.96. The SMILES string of the molecule is CCCc1nc(N)cc(NC2CCc3ccccc3C2)n1. The summed E-state index contributed by atoms with van der Waals surface area (Å²) < 4.78 is 0. The number of nitrogens with one attached hydrogen (secondary N) is 1. The number of aromatic nitrogens is 2. The normalized spacial score (nSPS) is 17.3. The number of nitrogens with two attached hydrogens (primary N) is 1. The summed E-state index contributed by atoms with van der Waals surface area (Å²) in [5, 5.41) is 3.53. The first kappa shape index (κ1) is 13.9. The van der Waals surface area contributed by atoms with Crippen molar-refractivity contribution in [2.45, 2.75) is 45.1 Å². The Bertz CT molecular complexity index is 624. The van der Waals surface area contributed by atoms with Crippen LogP contribution in [0.15, 0.2) is 30.3 Å². The van der Waals surface area contributed by atoms with Crippen molar-refractivity contribution in [1.82, 2.24) is 9.97 Å². The van der Waals surface area contributed by atoms with E-state index in [1.54, 1.807) is 0 Å².